The van der Waals surface area contributed by atoms with Crippen molar-refractivity contribution < 1.29 is 9.47 Å². The molecule has 0 aliphatic rings. The first-order valence-corrected chi connectivity index (χ1v) is 9.10. The minimum Gasteiger partial charge on any atom is -0.497 e. The van der Waals surface area contributed by atoms with Crippen molar-refractivity contribution in [1.82, 2.24) is 9.97 Å². The highest BCUT2D eigenvalue weighted by Gasteiger charge is 2.15. The van der Waals surface area contributed by atoms with Crippen LogP contribution in [0.4, 0.5) is 17.5 Å². The van der Waals surface area contributed by atoms with Crippen molar-refractivity contribution >= 4 is 17.5 Å². The minimum atomic E-state index is -0.162. The van der Waals surface area contributed by atoms with Gasteiger partial charge in [0.15, 0.2) is 0 Å². The van der Waals surface area contributed by atoms with Gasteiger partial charge in [-0.1, -0.05) is 30.3 Å². The summed E-state index contributed by atoms with van der Waals surface area (Å²) < 4.78 is 10.8. The second kappa shape index (κ2) is 8.17. The van der Waals surface area contributed by atoms with Crippen molar-refractivity contribution in [2.45, 2.75) is 26.3 Å². The van der Waals surface area contributed by atoms with Gasteiger partial charge in [-0.25, -0.2) is 4.98 Å². The van der Waals surface area contributed by atoms with E-state index in [1.54, 1.807) is 14.2 Å². The lowest BCUT2D eigenvalue weighted by molar-refractivity contribution is 0.395. The van der Waals surface area contributed by atoms with Crippen LogP contribution in [-0.2, 0) is 0 Å². The van der Waals surface area contributed by atoms with Crippen LogP contribution in [0.1, 0.15) is 20.8 Å². The van der Waals surface area contributed by atoms with Crippen LogP contribution >= 0.6 is 0 Å². The highest BCUT2D eigenvalue weighted by Crippen LogP contribution is 2.32. The van der Waals surface area contributed by atoms with Crippen LogP contribution in [-0.4, -0.2) is 29.7 Å². The summed E-state index contributed by atoms with van der Waals surface area (Å²) >= 11 is 0. The number of anilines is 3. The average molecular weight is 378 g/mol. The molecule has 3 rings (SSSR count). The Kier molecular flexibility index (Phi) is 5.68. The maximum Gasteiger partial charge on any atom is 0.225 e. The van der Waals surface area contributed by atoms with Crippen molar-refractivity contribution in [3.63, 3.8) is 0 Å². The van der Waals surface area contributed by atoms with Crippen molar-refractivity contribution in [1.29, 1.82) is 0 Å². The van der Waals surface area contributed by atoms with Crippen molar-refractivity contribution in [3.8, 4) is 22.8 Å². The van der Waals surface area contributed by atoms with Crippen LogP contribution in [0.25, 0.3) is 11.3 Å². The van der Waals surface area contributed by atoms with Gasteiger partial charge in [-0.15, -0.1) is 0 Å². The Balaban J connectivity index is 2.01. The Hall–Kier alpha value is -3.28. The largest absolute Gasteiger partial charge is 0.497 e. The zero-order chi connectivity index (χ0) is 20.1. The zero-order valence-electron chi connectivity index (χ0n) is 16.9. The van der Waals surface area contributed by atoms with Crippen molar-refractivity contribution in [2.24, 2.45) is 0 Å². The Labute approximate surface area is 166 Å². The molecule has 0 bridgehead atoms. The topological polar surface area (TPSA) is 68.3 Å². The van der Waals surface area contributed by atoms with Crippen LogP contribution in [0.3, 0.4) is 0 Å². The van der Waals surface area contributed by atoms with Gasteiger partial charge in [0, 0.05) is 23.2 Å². The maximum atomic E-state index is 5.48. The lowest BCUT2D eigenvalue weighted by Crippen LogP contribution is -2.27. The molecule has 0 saturated carbocycles. The first-order valence-electron chi connectivity index (χ1n) is 9.10. The van der Waals surface area contributed by atoms with Crippen molar-refractivity contribution in [3.05, 3.63) is 54.6 Å². The predicted molar refractivity (Wildman–Crippen MR) is 114 cm³/mol. The molecule has 1 heterocycles. The summed E-state index contributed by atoms with van der Waals surface area (Å²) in [6.45, 7) is 6.22. The molecule has 6 heteroatoms. The average Bonchev–Trinajstić information content (AvgIpc) is 2.67. The number of nitrogens with one attached hydrogen (secondary N) is 2. The molecule has 0 unspecified atom stereocenters. The second-order valence-corrected chi connectivity index (χ2v) is 7.39. The number of aromatic nitrogens is 2. The van der Waals surface area contributed by atoms with Gasteiger partial charge in [0.2, 0.25) is 5.95 Å². The van der Waals surface area contributed by atoms with E-state index in [0.717, 1.165) is 22.7 Å². The van der Waals surface area contributed by atoms with Gasteiger partial charge in [-0.05, 0) is 32.9 Å². The standard InChI is InChI=1S/C22H26N4O2/c1-22(2,3)26-21-24-18(15-9-7-6-8-10-15)14-20(25-21)23-17-12-11-16(27-4)13-19(17)28-5/h6-14H,1-5H3,(H2,23,24,25,26). The number of hydrogen-bond donors (Lipinski definition) is 2. The predicted octanol–water partition coefficient (Wildman–Crippen LogP) is 5.11. The summed E-state index contributed by atoms with van der Waals surface area (Å²) in [4.78, 5) is 9.32. The summed E-state index contributed by atoms with van der Waals surface area (Å²) in [5, 5.41) is 6.69. The van der Waals surface area contributed by atoms with Gasteiger partial charge < -0.3 is 20.1 Å². The van der Waals surface area contributed by atoms with E-state index in [2.05, 4.69) is 41.4 Å². The zero-order valence-corrected chi connectivity index (χ0v) is 16.9. The summed E-state index contributed by atoms with van der Waals surface area (Å²) in [5.41, 5.74) is 2.48. The molecule has 2 aromatic carbocycles. The first kappa shape index (κ1) is 19.5. The third kappa shape index (κ3) is 4.91. The second-order valence-electron chi connectivity index (χ2n) is 7.39. The normalized spacial score (nSPS) is 11.0. The highest BCUT2D eigenvalue weighted by atomic mass is 16.5. The SMILES string of the molecule is COc1ccc(Nc2cc(-c3ccccc3)nc(NC(C)(C)C)n2)c(OC)c1. The molecule has 0 aliphatic heterocycles. The Morgan fingerprint density at radius 1 is 0.857 bits per heavy atom. The molecular weight excluding hydrogens is 352 g/mol. The maximum absolute atomic E-state index is 5.48. The summed E-state index contributed by atoms with van der Waals surface area (Å²) in [5.74, 6) is 2.63. The molecule has 0 amide bonds. The molecule has 28 heavy (non-hydrogen) atoms. The van der Waals surface area contributed by atoms with Gasteiger partial charge in [0.1, 0.15) is 17.3 Å². The van der Waals surface area contributed by atoms with E-state index in [1.165, 1.54) is 0 Å². The van der Waals surface area contributed by atoms with Gasteiger partial charge in [0.25, 0.3) is 0 Å². The monoisotopic (exact) mass is 378 g/mol. The van der Waals surface area contributed by atoms with E-state index in [4.69, 9.17) is 9.47 Å². The minimum absolute atomic E-state index is 0.162. The highest BCUT2D eigenvalue weighted by molar-refractivity contribution is 5.70. The number of ether oxygens (including phenoxy) is 2. The summed E-state index contributed by atoms with van der Waals surface area (Å²) in [6, 6.07) is 17.6. The third-order valence-corrected chi connectivity index (χ3v) is 3.95. The summed E-state index contributed by atoms with van der Waals surface area (Å²) in [6.07, 6.45) is 0. The molecule has 0 atom stereocenters. The number of hydrogen-bond acceptors (Lipinski definition) is 6. The van der Waals surface area contributed by atoms with E-state index in [0.29, 0.717) is 17.5 Å². The smallest absolute Gasteiger partial charge is 0.225 e. The van der Waals surface area contributed by atoms with Gasteiger partial charge in [0.05, 0.1) is 25.6 Å². The molecule has 0 fully saturated rings. The van der Waals surface area contributed by atoms with Crippen LogP contribution < -0.4 is 20.1 Å². The van der Waals surface area contributed by atoms with Crippen LogP contribution in [0.2, 0.25) is 0 Å². The number of nitrogens with zero attached hydrogens (tertiary/aromatic N) is 2. The van der Waals surface area contributed by atoms with Crippen molar-refractivity contribution in [2.75, 3.05) is 24.9 Å². The van der Waals surface area contributed by atoms with Crippen LogP contribution in [0, 0.1) is 0 Å². The molecule has 0 spiro atoms. The number of rotatable bonds is 6. The lowest BCUT2D eigenvalue weighted by Gasteiger charge is -2.21. The fraction of sp³-hybridized carbons (Fsp3) is 0.273. The first-order chi connectivity index (χ1) is 13.4. The Bertz CT molecular complexity index is 937. The summed E-state index contributed by atoms with van der Waals surface area (Å²) in [7, 11) is 3.25. The molecule has 1 aromatic heterocycles. The van der Waals surface area contributed by atoms with E-state index in [1.807, 2.05) is 54.6 Å². The van der Waals surface area contributed by atoms with Crippen LogP contribution in [0.5, 0.6) is 11.5 Å². The quantitative estimate of drug-likeness (QED) is 0.621. The van der Waals surface area contributed by atoms with Gasteiger partial charge >= 0.3 is 0 Å². The molecular formula is C22H26N4O2. The van der Waals surface area contributed by atoms with E-state index >= 15 is 0 Å². The third-order valence-electron chi connectivity index (χ3n) is 3.95. The fourth-order valence-corrected chi connectivity index (χ4v) is 2.70. The van der Waals surface area contributed by atoms with E-state index < -0.39 is 0 Å². The number of methoxy groups -OCH3 is 2. The molecule has 2 N–H and O–H groups in total. The Morgan fingerprint density at radius 2 is 1.61 bits per heavy atom. The lowest BCUT2D eigenvalue weighted by atomic mass is 10.1. The van der Waals surface area contributed by atoms with Crippen LogP contribution in [0.15, 0.2) is 54.6 Å². The molecule has 3 aromatic rings. The molecule has 0 saturated heterocycles. The number of benzene rings is 2. The Morgan fingerprint density at radius 3 is 2.25 bits per heavy atom. The fourth-order valence-electron chi connectivity index (χ4n) is 2.70. The van der Waals surface area contributed by atoms with E-state index in [9.17, 15) is 0 Å². The molecule has 146 valence electrons. The molecule has 6 nitrogen and oxygen atoms in total. The van der Waals surface area contributed by atoms with Gasteiger partial charge in [-0.3, -0.25) is 0 Å². The van der Waals surface area contributed by atoms with Gasteiger partial charge in [-0.2, -0.15) is 4.98 Å². The van der Waals surface area contributed by atoms with E-state index in [-0.39, 0.29) is 5.54 Å². The molecule has 0 radical (unpaired) electrons. The molecule has 0 aliphatic carbocycles.